The average molecular weight is 209 g/mol. The van der Waals surface area contributed by atoms with Crippen LogP contribution >= 0.6 is 0 Å². The predicted molar refractivity (Wildman–Crippen MR) is 48.8 cm³/mol. The molecule has 0 aromatic heterocycles. The van der Waals surface area contributed by atoms with Crippen LogP contribution in [0.4, 0.5) is 4.39 Å². The van der Waals surface area contributed by atoms with Gasteiger partial charge in [-0.1, -0.05) is 18.2 Å². The zero-order valence-corrected chi connectivity index (χ0v) is 7.68. The summed E-state index contributed by atoms with van der Waals surface area (Å²) in [7, 11) is 0. The van der Waals surface area contributed by atoms with Crippen molar-refractivity contribution in [2.45, 2.75) is 12.8 Å². The van der Waals surface area contributed by atoms with Crippen molar-refractivity contribution in [3.8, 4) is 0 Å². The minimum absolute atomic E-state index is 0.0163. The summed E-state index contributed by atoms with van der Waals surface area (Å²) >= 11 is 0. The van der Waals surface area contributed by atoms with E-state index in [0.29, 0.717) is 16.0 Å². The number of hydrogen-bond donors (Lipinski definition) is 1. The lowest BCUT2D eigenvalue weighted by molar-refractivity contribution is -0.148. The molecule has 1 aromatic carbocycles. The highest BCUT2D eigenvalue weighted by Crippen LogP contribution is 2.24. The van der Waals surface area contributed by atoms with E-state index in [1.807, 2.05) is 0 Å². The molecule has 78 valence electrons. The van der Waals surface area contributed by atoms with Crippen LogP contribution in [0.5, 0.6) is 0 Å². The van der Waals surface area contributed by atoms with E-state index in [1.165, 1.54) is 0 Å². The minimum atomic E-state index is -2.27. The fourth-order valence-electron chi connectivity index (χ4n) is 1.59. The molecule has 2 rings (SSSR count). The second-order valence-electron chi connectivity index (χ2n) is 3.26. The Morgan fingerprint density at radius 2 is 2.13 bits per heavy atom. The third kappa shape index (κ3) is 1.45. The number of carboxylic acids is 1. The van der Waals surface area contributed by atoms with Crippen LogP contribution in [0.3, 0.4) is 0 Å². The molecule has 15 heavy (non-hydrogen) atoms. The van der Waals surface area contributed by atoms with Gasteiger partial charge >= 0.3 is 5.97 Å². The molecule has 0 bridgehead atoms. The summed E-state index contributed by atoms with van der Waals surface area (Å²) in [5.74, 6) is -2.21. The zero-order chi connectivity index (χ0) is 11.0. The van der Waals surface area contributed by atoms with Crippen molar-refractivity contribution in [1.82, 2.24) is 4.90 Å². The van der Waals surface area contributed by atoms with Crippen LogP contribution in [0.25, 0.3) is 0 Å². The van der Waals surface area contributed by atoms with Gasteiger partial charge in [0.25, 0.3) is 12.2 Å². The van der Waals surface area contributed by atoms with Crippen LogP contribution in [-0.2, 0) is 11.3 Å². The number of alkyl halides is 1. The maximum Gasteiger partial charge on any atom is 0.359 e. The Labute approximate surface area is 84.9 Å². The third-order valence-electron chi connectivity index (χ3n) is 2.33. The van der Waals surface area contributed by atoms with E-state index < -0.39 is 18.2 Å². The molecule has 0 spiro atoms. The number of fused-ring (bicyclic) bond motifs is 1. The maximum absolute atomic E-state index is 13.2. The Morgan fingerprint density at radius 1 is 1.47 bits per heavy atom. The number of carbonyl (C=O) groups excluding carboxylic acids is 1. The number of rotatable bonds is 2. The normalized spacial score (nSPS) is 16.3. The first kappa shape index (κ1) is 9.64. The molecule has 0 saturated heterocycles. The molecule has 5 heteroatoms. The number of benzene rings is 1. The highest BCUT2D eigenvalue weighted by molar-refractivity contribution is 6.00. The van der Waals surface area contributed by atoms with Gasteiger partial charge in [-0.2, -0.15) is 0 Å². The van der Waals surface area contributed by atoms with E-state index in [0.717, 1.165) is 0 Å². The first-order valence-electron chi connectivity index (χ1n) is 4.37. The summed E-state index contributed by atoms with van der Waals surface area (Å²) in [5.41, 5.74) is 1.04. The summed E-state index contributed by atoms with van der Waals surface area (Å²) in [6.45, 7) is 0.0163. The Kier molecular flexibility index (Phi) is 2.15. The molecule has 0 radical (unpaired) electrons. The van der Waals surface area contributed by atoms with Crippen LogP contribution < -0.4 is 0 Å². The van der Waals surface area contributed by atoms with Gasteiger partial charge in [0.15, 0.2) is 0 Å². The van der Waals surface area contributed by atoms with Crippen molar-refractivity contribution in [2.75, 3.05) is 0 Å². The molecule has 1 aromatic rings. The lowest BCUT2D eigenvalue weighted by Gasteiger charge is -2.16. The van der Waals surface area contributed by atoms with Gasteiger partial charge in [-0.25, -0.2) is 9.18 Å². The molecule has 1 aliphatic heterocycles. The lowest BCUT2D eigenvalue weighted by atomic mass is 10.1. The number of halogens is 1. The fourth-order valence-corrected chi connectivity index (χ4v) is 1.59. The number of carboxylic acid groups (broad SMARTS) is 1. The molecule has 0 aliphatic carbocycles. The smallest absolute Gasteiger partial charge is 0.359 e. The van der Waals surface area contributed by atoms with E-state index in [9.17, 15) is 14.0 Å². The quantitative estimate of drug-likeness (QED) is 0.740. The van der Waals surface area contributed by atoms with E-state index in [2.05, 4.69) is 0 Å². The SMILES string of the molecule is O=C(O)C(F)N1Cc2ccccc2C1=O. The number of nitrogens with zero attached hydrogens (tertiary/aromatic N) is 1. The number of hydrogen-bond acceptors (Lipinski definition) is 2. The molecule has 1 N–H and O–H groups in total. The maximum atomic E-state index is 13.2. The summed E-state index contributed by atoms with van der Waals surface area (Å²) < 4.78 is 13.2. The first-order valence-corrected chi connectivity index (χ1v) is 4.37. The summed E-state index contributed by atoms with van der Waals surface area (Å²) in [6, 6.07) is 6.63. The van der Waals surface area contributed by atoms with E-state index in [-0.39, 0.29) is 6.54 Å². The Balaban J connectivity index is 2.31. The van der Waals surface area contributed by atoms with Crippen LogP contribution in [0.2, 0.25) is 0 Å². The first-order chi connectivity index (χ1) is 7.11. The van der Waals surface area contributed by atoms with Gasteiger partial charge in [0.05, 0.1) is 6.54 Å². The van der Waals surface area contributed by atoms with Crippen molar-refractivity contribution in [3.05, 3.63) is 35.4 Å². The topological polar surface area (TPSA) is 57.6 Å². The minimum Gasteiger partial charge on any atom is -0.478 e. The number of carbonyl (C=O) groups is 2. The average Bonchev–Trinajstić information content (AvgIpc) is 2.56. The van der Waals surface area contributed by atoms with E-state index >= 15 is 0 Å². The van der Waals surface area contributed by atoms with Gasteiger partial charge in [0.2, 0.25) is 0 Å². The largest absolute Gasteiger partial charge is 0.478 e. The zero-order valence-electron chi connectivity index (χ0n) is 7.68. The van der Waals surface area contributed by atoms with Gasteiger partial charge in [0.1, 0.15) is 0 Å². The van der Waals surface area contributed by atoms with Crippen LogP contribution in [0, 0.1) is 0 Å². The molecule has 1 unspecified atom stereocenters. The molecule has 1 aliphatic rings. The summed E-state index contributed by atoms with van der Waals surface area (Å²) in [4.78, 5) is 22.7. The molecule has 4 nitrogen and oxygen atoms in total. The van der Waals surface area contributed by atoms with Crippen molar-refractivity contribution in [2.24, 2.45) is 0 Å². The monoisotopic (exact) mass is 209 g/mol. The molecule has 1 amide bonds. The van der Waals surface area contributed by atoms with Gasteiger partial charge in [-0.15, -0.1) is 0 Å². The summed E-state index contributed by atoms with van der Waals surface area (Å²) in [5, 5.41) is 8.47. The highest BCUT2D eigenvalue weighted by atomic mass is 19.1. The fraction of sp³-hybridized carbons (Fsp3) is 0.200. The standard InChI is InChI=1S/C10H8FNO3/c11-8(10(14)15)12-5-6-3-1-2-4-7(6)9(12)13/h1-4,8H,5H2,(H,14,15). The second kappa shape index (κ2) is 3.34. The predicted octanol–water partition coefficient (Wildman–Crippen LogP) is 1.02. The second-order valence-corrected chi connectivity index (χ2v) is 3.26. The van der Waals surface area contributed by atoms with Crippen LogP contribution in [0.15, 0.2) is 24.3 Å². The Bertz CT molecular complexity index is 432. The van der Waals surface area contributed by atoms with Gasteiger partial charge in [-0.05, 0) is 11.6 Å². The Morgan fingerprint density at radius 3 is 2.73 bits per heavy atom. The number of amides is 1. The summed E-state index contributed by atoms with van der Waals surface area (Å²) in [6.07, 6.45) is -2.27. The molecule has 1 heterocycles. The lowest BCUT2D eigenvalue weighted by Crippen LogP contribution is -2.37. The van der Waals surface area contributed by atoms with Gasteiger partial charge < -0.3 is 5.11 Å². The Hall–Kier alpha value is -1.91. The molecular formula is C10H8FNO3. The molecule has 1 atom stereocenters. The van der Waals surface area contributed by atoms with Gasteiger partial charge in [0, 0.05) is 5.56 Å². The van der Waals surface area contributed by atoms with E-state index in [1.54, 1.807) is 24.3 Å². The van der Waals surface area contributed by atoms with Gasteiger partial charge in [-0.3, -0.25) is 9.69 Å². The van der Waals surface area contributed by atoms with Crippen molar-refractivity contribution in [3.63, 3.8) is 0 Å². The number of aliphatic carboxylic acids is 1. The van der Waals surface area contributed by atoms with Crippen molar-refractivity contribution < 1.29 is 19.1 Å². The molecule has 0 saturated carbocycles. The molecular weight excluding hydrogens is 201 g/mol. The van der Waals surface area contributed by atoms with Crippen LogP contribution in [-0.4, -0.2) is 28.2 Å². The van der Waals surface area contributed by atoms with Crippen molar-refractivity contribution in [1.29, 1.82) is 0 Å². The van der Waals surface area contributed by atoms with E-state index in [4.69, 9.17) is 5.11 Å². The highest BCUT2D eigenvalue weighted by Gasteiger charge is 2.35. The molecule has 0 fully saturated rings. The third-order valence-corrected chi connectivity index (χ3v) is 2.33. The van der Waals surface area contributed by atoms with Crippen molar-refractivity contribution >= 4 is 11.9 Å². The van der Waals surface area contributed by atoms with Crippen LogP contribution in [0.1, 0.15) is 15.9 Å².